The fraction of sp³-hybridized carbons (Fsp3) is 0. The largest absolute Gasteiger partial charge is 2.00 e. The molecule has 1 rings (SSSR count). The summed E-state index contributed by atoms with van der Waals surface area (Å²) in [6.07, 6.45) is 1.46. The van der Waals surface area contributed by atoms with Gasteiger partial charge in [0.25, 0.3) is 6.33 Å². The van der Waals surface area contributed by atoms with Crippen LogP contribution in [0.4, 0.5) is 0 Å². The van der Waals surface area contributed by atoms with Crippen LogP contribution in [0.25, 0.3) is 0 Å². The number of aromatic amines is 2. The molecule has 0 saturated carbocycles. The van der Waals surface area contributed by atoms with Crippen molar-refractivity contribution >= 4 is 27.3 Å². The summed E-state index contributed by atoms with van der Waals surface area (Å²) in [7, 11) is 0. The molecule has 2 N–H and O–H groups in total. The first kappa shape index (κ1) is 5.99. The van der Waals surface area contributed by atoms with E-state index < -0.39 is 0 Å². The Balaban J connectivity index is 0.000000250. The quantitative estimate of drug-likeness (QED) is 0.572. The normalized spacial score (nSPS) is 6.67. The number of hydrogen-bond donors (Lipinski definition) is 1. The summed E-state index contributed by atoms with van der Waals surface area (Å²) in [5.74, 6) is 0. The first-order valence-corrected chi connectivity index (χ1v) is 1.22. The van der Waals surface area contributed by atoms with Gasteiger partial charge in [-0.25, -0.2) is 0 Å². The molecule has 0 amide bonds. The Morgan fingerprint density at radius 3 is 2.67 bits per heavy atom. The third kappa shape index (κ3) is 1.43. The molecule has 0 atom stereocenters. The van der Waals surface area contributed by atoms with Crippen molar-refractivity contribution in [3.05, 3.63) is 6.33 Å². The first-order valence-electron chi connectivity index (χ1n) is 1.22. The minimum Gasteiger partial charge on any atom is -0.179 e. The number of H-pyrrole nitrogens is 2. The van der Waals surface area contributed by atoms with Gasteiger partial charge in [-0.05, 0) is 0 Å². The molecular formula is CH3N4Pb+3. The summed E-state index contributed by atoms with van der Waals surface area (Å²) in [6, 6.07) is 0. The average Bonchev–Trinajstić information content (AvgIpc) is 1.76. The fourth-order valence-electron chi connectivity index (χ4n) is 0.144. The van der Waals surface area contributed by atoms with Crippen LogP contribution in [0.15, 0.2) is 6.33 Å². The van der Waals surface area contributed by atoms with Gasteiger partial charge in [-0.15, -0.1) is 0 Å². The van der Waals surface area contributed by atoms with Crippen molar-refractivity contribution in [2.45, 2.75) is 0 Å². The van der Waals surface area contributed by atoms with Crippen LogP contribution in [0.5, 0.6) is 0 Å². The van der Waals surface area contributed by atoms with Crippen LogP contribution in [0.3, 0.4) is 0 Å². The van der Waals surface area contributed by atoms with Gasteiger partial charge >= 0.3 is 27.3 Å². The van der Waals surface area contributed by atoms with E-state index in [2.05, 4.69) is 20.6 Å². The van der Waals surface area contributed by atoms with Crippen LogP contribution in [0.2, 0.25) is 0 Å². The molecule has 0 aliphatic rings. The number of aromatic nitrogens is 4. The molecule has 0 spiro atoms. The molecule has 0 aliphatic carbocycles. The molecule has 5 heteroatoms. The monoisotopic (exact) mass is 279 g/mol. The molecule has 1 aromatic heterocycles. The van der Waals surface area contributed by atoms with E-state index in [-0.39, 0.29) is 27.3 Å². The Bertz CT molecular complexity index is 64.0. The van der Waals surface area contributed by atoms with E-state index in [1.807, 2.05) is 0 Å². The second kappa shape index (κ2) is 3.19. The molecule has 6 heavy (non-hydrogen) atoms. The first-order chi connectivity index (χ1) is 2.50. The summed E-state index contributed by atoms with van der Waals surface area (Å²) in [5, 5.41) is 11.5. The molecule has 0 saturated heterocycles. The van der Waals surface area contributed by atoms with Gasteiger partial charge in [0.05, 0.1) is 0 Å². The number of tetrazole rings is 1. The molecule has 28 valence electrons. The second-order valence-corrected chi connectivity index (χ2v) is 0.601. The second-order valence-electron chi connectivity index (χ2n) is 0.601. The Kier molecular flexibility index (Phi) is 3.19. The van der Waals surface area contributed by atoms with Crippen molar-refractivity contribution in [2.75, 3.05) is 0 Å². The molecular weight excluding hydrogens is 275 g/mol. The van der Waals surface area contributed by atoms with Crippen LogP contribution in [-0.2, 0) is 0 Å². The predicted octanol–water partition coefficient (Wildman–Crippen LogP) is -1.76. The Morgan fingerprint density at radius 2 is 2.50 bits per heavy atom. The molecule has 1 aromatic rings. The van der Waals surface area contributed by atoms with Crippen LogP contribution < -0.4 is 5.10 Å². The van der Waals surface area contributed by atoms with Crippen molar-refractivity contribution in [1.82, 2.24) is 15.5 Å². The fourth-order valence-corrected chi connectivity index (χ4v) is 0.144. The smallest absolute Gasteiger partial charge is 0.179 e. The van der Waals surface area contributed by atoms with Crippen molar-refractivity contribution < 1.29 is 5.10 Å². The molecule has 0 bridgehead atoms. The summed E-state index contributed by atoms with van der Waals surface area (Å²) in [4.78, 5) is 0. The number of nitrogens with zero attached hydrogens (tertiary/aromatic N) is 2. The number of rotatable bonds is 0. The van der Waals surface area contributed by atoms with E-state index in [1.54, 1.807) is 0 Å². The zero-order valence-electron chi connectivity index (χ0n) is 2.97. The molecule has 1 heterocycles. The van der Waals surface area contributed by atoms with Crippen LogP contribution in [-0.4, -0.2) is 42.8 Å². The maximum atomic E-state index is 3.36. The third-order valence-corrected chi connectivity index (χ3v) is 0.295. The van der Waals surface area contributed by atoms with Gasteiger partial charge in [0.1, 0.15) is 5.10 Å². The summed E-state index contributed by atoms with van der Waals surface area (Å²) in [5.41, 5.74) is 0. The van der Waals surface area contributed by atoms with Gasteiger partial charge in [-0.2, -0.15) is 5.10 Å². The Morgan fingerprint density at radius 1 is 1.67 bits per heavy atom. The van der Waals surface area contributed by atoms with Gasteiger partial charge < -0.3 is 0 Å². The van der Waals surface area contributed by atoms with Gasteiger partial charge in [-0.1, -0.05) is 5.21 Å². The predicted molar refractivity (Wildman–Crippen MR) is 18.7 cm³/mol. The number of hydrogen-bond acceptors (Lipinski definition) is 2. The van der Waals surface area contributed by atoms with Crippen molar-refractivity contribution in [1.29, 1.82) is 0 Å². The summed E-state index contributed by atoms with van der Waals surface area (Å²) < 4.78 is 0. The summed E-state index contributed by atoms with van der Waals surface area (Å²) in [6.45, 7) is 0. The van der Waals surface area contributed by atoms with Crippen molar-refractivity contribution in [3.63, 3.8) is 0 Å². The van der Waals surface area contributed by atoms with E-state index in [0.717, 1.165) is 0 Å². The third-order valence-electron chi connectivity index (χ3n) is 0.295. The van der Waals surface area contributed by atoms with Crippen LogP contribution >= 0.6 is 0 Å². The summed E-state index contributed by atoms with van der Waals surface area (Å²) >= 11 is 0. The molecule has 0 fully saturated rings. The minimum atomic E-state index is 0. The van der Waals surface area contributed by atoms with Crippen LogP contribution in [0, 0.1) is 0 Å². The standard InChI is InChI=1S/CH2N4.Pb/c1-2-4-5-3-1;/h1H,(H,2,3,4,5);/q;+2/p+1. The molecule has 2 radical (unpaired) electrons. The molecule has 0 aromatic carbocycles. The number of nitrogens with one attached hydrogen (secondary N) is 2. The van der Waals surface area contributed by atoms with E-state index in [4.69, 9.17) is 0 Å². The van der Waals surface area contributed by atoms with E-state index in [9.17, 15) is 0 Å². The maximum Gasteiger partial charge on any atom is 2.00 e. The maximum absolute atomic E-state index is 3.36. The van der Waals surface area contributed by atoms with Gasteiger partial charge in [0.15, 0.2) is 5.21 Å². The Hall–Kier alpha value is -0.00792. The average molecular weight is 278 g/mol. The molecule has 0 unspecified atom stereocenters. The van der Waals surface area contributed by atoms with Crippen LogP contribution in [0.1, 0.15) is 0 Å². The van der Waals surface area contributed by atoms with Crippen molar-refractivity contribution in [2.24, 2.45) is 0 Å². The Labute approximate surface area is 54.5 Å². The topological polar surface area (TPSA) is 55.7 Å². The van der Waals surface area contributed by atoms with Gasteiger partial charge in [0.2, 0.25) is 0 Å². The zero-order valence-corrected chi connectivity index (χ0v) is 6.86. The van der Waals surface area contributed by atoms with Gasteiger partial charge in [0, 0.05) is 0 Å². The minimum absolute atomic E-state index is 0. The van der Waals surface area contributed by atoms with Crippen molar-refractivity contribution in [3.8, 4) is 0 Å². The van der Waals surface area contributed by atoms with Gasteiger partial charge in [-0.3, -0.25) is 0 Å². The zero-order chi connectivity index (χ0) is 3.54. The van der Waals surface area contributed by atoms with E-state index >= 15 is 0 Å². The van der Waals surface area contributed by atoms with E-state index in [0.29, 0.717) is 0 Å². The van der Waals surface area contributed by atoms with E-state index in [1.165, 1.54) is 6.33 Å². The SMILES string of the molecule is [Pb+2].c1nn[nH][nH+]1. The molecule has 0 aliphatic heterocycles. The molecule has 4 nitrogen and oxygen atoms in total.